The zero-order valence-electron chi connectivity index (χ0n) is 7.90. The molecule has 96 valence electrons. The molecule has 0 saturated heterocycles. The van der Waals surface area contributed by atoms with Crippen LogP contribution in [0, 0.1) is 5.82 Å². The maximum Gasteiger partial charge on any atom is 0.416 e. The number of aliphatic hydroxyl groups is 1. The molecule has 0 aliphatic rings. The van der Waals surface area contributed by atoms with Gasteiger partial charge in [-0.3, -0.25) is 0 Å². The first-order valence-electron chi connectivity index (χ1n) is 4.17. The van der Waals surface area contributed by atoms with Crippen molar-refractivity contribution in [1.29, 1.82) is 0 Å². The minimum atomic E-state index is -4.81. The van der Waals surface area contributed by atoms with Crippen LogP contribution in [0.25, 0.3) is 0 Å². The quantitative estimate of drug-likeness (QED) is 0.614. The summed E-state index contributed by atoms with van der Waals surface area (Å²) in [5.74, 6) is -1.24. The van der Waals surface area contributed by atoms with Crippen LogP contribution >= 0.6 is 39.1 Å². The summed E-state index contributed by atoms with van der Waals surface area (Å²) >= 11 is 13.3. The van der Waals surface area contributed by atoms with Gasteiger partial charge in [-0.25, -0.2) is 4.39 Å². The Balaban J connectivity index is 3.47. The SMILES string of the molecule is OC(c1c(C(F)(F)F)ccc(Br)c1F)C(Cl)Cl. The van der Waals surface area contributed by atoms with E-state index in [0.717, 1.165) is 6.07 Å². The topological polar surface area (TPSA) is 20.2 Å². The van der Waals surface area contributed by atoms with Crippen LogP contribution < -0.4 is 0 Å². The third kappa shape index (κ3) is 3.24. The fourth-order valence-electron chi connectivity index (χ4n) is 1.23. The first-order valence-corrected chi connectivity index (χ1v) is 5.84. The monoisotopic (exact) mass is 354 g/mol. The highest BCUT2D eigenvalue weighted by molar-refractivity contribution is 9.10. The fraction of sp³-hybridized carbons (Fsp3) is 0.333. The average molecular weight is 356 g/mol. The van der Waals surface area contributed by atoms with Crippen LogP contribution in [-0.2, 0) is 6.18 Å². The molecule has 1 rings (SSSR count). The minimum absolute atomic E-state index is 0.214. The van der Waals surface area contributed by atoms with Gasteiger partial charge in [0.05, 0.1) is 10.0 Å². The molecule has 0 heterocycles. The van der Waals surface area contributed by atoms with Crippen LogP contribution in [0.4, 0.5) is 17.6 Å². The Labute approximate surface area is 112 Å². The van der Waals surface area contributed by atoms with Crippen molar-refractivity contribution in [2.75, 3.05) is 0 Å². The first-order chi connectivity index (χ1) is 7.66. The Morgan fingerprint density at radius 3 is 2.18 bits per heavy atom. The van der Waals surface area contributed by atoms with Crippen LogP contribution in [-0.4, -0.2) is 9.94 Å². The summed E-state index contributed by atoms with van der Waals surface area (Å²) in [5, 5.41) is 9.42. The zero-order chi connectivity index (χ0) is 13.4. The predicted octanol–water partition coefficient (Wildman–Crippen LogP) is 4.44. The number of alkyl halides is 5. The second kappa shape index (κ2) is 5.30. The molecule has 0 saturated carbocycles. The number of halogens is 7. The highest BCUT2D eigenvalue weighted by atomic mass is 79.9. The van der Waals surface area contributed by atoms with Crippen LogP contribution in [0.5, 0.6) is 0 Å². The van der Waals surface area contributed by atoms with Crippen molar-refractivity contribution >= 4 is 39.1 Å². The van der Waals surface area contributed by atoms with E-state index in [1.165, 1.54) is 0 Å². The van der Waals surface area contributed by atoms with E-state index < -0.39 is 34.1 Å². The van der Waals surface area contributed by atoms with Gasteiger partial charge in [0.15, 0.2) is 0 Å². The van der Waals surface area contributed by atoms with Gasteiger partial charge >= 0.3 is 6.18 Å². The summed E-state index contributed by atoms with van der Waals surface area (Å²) in [6.07, 6.45) is -6.77. The van der Waals surface area contributed by atoms with Gasteiger partial charge in [0, 0.05) is 5.56 Å². The summed E-state index contributed by atoms with van der Waals surface area (Å²) in [7, 11) is 0. The van der Waals surface area contributed by atoms with E-state index in [0.29, 0.717) is 6.07 Å². The molecule has 1 N–H and O–H groups in total. The number of aliphatic hydroxyl groups excluding tert-OH is 1. The number of hydrogen-bond donors (Lipinski definition) is 1. The molecule has 1 aromatic rings. The first kappa shape index (κ1) is 15.0. The zero-order valence-corrected chi connectivity index (χ0v) is 11.0. The van der Waals surface area contributed by atoms with E-state index in [9.17, 15) is 22.7 Å². The molecule has 1 unspecified atom stereocenters. The van der Waals surface area contributed by atoms with Gasteiger partial charge in [-0.1, -0.05) is 0 Å². The molecular formula is C9H5BrCl2F4O. The minimum Gasteiger partial charge on any atom is -0.385 e. The Morgan fingerprint density at radius 1 is 1.24 bits per heavy atom. The molecule has 17 heavy (non-hydrogen) atoms. The molecule has 0 aromatic heterocycles. The number of rotatable bonds is 2. The Kier molecular flexibility index (Phi) is 4.68. The third-order valence-electron chi connectivity index (χ3n) is 1.97. The second-order valence-corrected chi connectivity index (χ2v) is 5.12. The molecule has 0 aliphatic heterocycles. The van der Waals surface area contributed by atoms with Crippen LogP contribution in [0.3, 0.4) is 0 Å². The van der Waals surface area contributed by atoms with Crippen molar-refractivity contribution in [1.82, 2.24) is 0 Å². The molecule has 0 amide bonds. The van der Waals surface area contributed by atoms with Crippen molar-refractivity contribution in [2.24, 2.45) is 0 Å². The normalized spacial score (nSPS) is 14.2. The summed E-state index contributed by atoms with van der Waals surface area (Å²) in [6.45, 7) is 0. The molecule has 0 fully saturated rings. The van der Waals surface area contributed by atoms with Crippen LogP contribution in [0.1, 0.15) is 17.2 Å². The molecule has 8 heteroatoms. The standard InChI is InChI=1S/C9H5BrCl2F4O/c10-4-2-1-3(9(14,15)16)5(6(4)13)7(17)8(11)12/h1-2,7-8,17H. The highest BCUT2D eigenvalue weighted by Crippen LogP contribution is 2.40. The van der Waals surface area contributed by atoms with E-state index >= 15 is 0 Å². The van der Waals surface area contributed by atoms with Crippen molar-refractivity contribution in [3.63, 3.8) is 0 Å². The van der Waals surface area contributed by atoms with Crippen molar-refractivity contribution in [2.45, 2.75) is 17.1 Å². The van der Waals surface area contributed by atoms with Gasteiger partial charge in [0.1, 0.15) is 16.8 Å². The van der Waals surface area contributed by atoms with Crippen molar-refractivity contribution in [3.05, 3.63) is 33.5 Å². The van der Waals surface area contributed by atoms with Gasteiger partial charge < -0.3 is 5.11 Å². The number of benzene rings is 1. The Bertz CT molecular complexity index is 422. The largest absolute Gasteiger partial charge is 0.416 e. The summed E-state index contributed by atoms with van der Waals surface area (Å²) in [5.41, 5.74) is -2.28. The Hall–Kier alpha value is -0.0400. The van der Waals surface area contributed by atoms with E-state index in [4.69, 9.17) is 23.2 Å². The third-order valence-corrected chi connectivity index (χ3v) is 3.06. The average Bonchev–Trinajstić information content (AvgIpc) is 2.19. The molecule has 0 spiro atoms. The summed E-state index contributed by atoms with van der Waals surface area (Å²) < 4.78 is 51.2. The van der Waals surface area contributed by atoms with Crippen LogP contribution in [0.15, 0.2) is 16.6 Å². The molecule has 1 nitrogen and oxygen atoms in total. The van der Waals surface area contributed by atoms with E-state index in [1.807, 2.05) is 0 Å². The Morgan fingerprint density at radius 2 is 1.76 bits per heavy atom. The molecule has 1 aromatic carbocycles. The van der Waals surface area contributed by atoms with Gasteiger partial charge in [0.2, 0.25) is 0 Å². The van der Waals surface area contributed by atoms with Crippen molar-refractivity contribution in [3.8, 4) is 0 Å². The van der Waals surface area contributed by atoms with E-state index in [2.05, 4.69) is 15.9 Å². The van der Waals surface area contributed by atoms with Gasteiger partial charge in [-0.15, -0.1) is 23.2 Å². The van der Waals surface area contributed by atoms with Gasteiger partial charge in [-0.2, -0.15) is 13.2 Å². The van der Waals surface area contributed by atoms with Gasteiger partial charge in [0.25, 0.3) is 0 Å². The predicted molar refractivity (Wildman–Crippen MR) is 59.6 cm³/mol. The van der Waals surface area contributed by atoms with E-state index in [1.54, 1.807) is 0 Å². The lowest BCUT2D eigenvalue weighted by Crippen LogP contribution is -2.17. The highest BCUT2D eigenvalue weighted by Gasteiger charge is 2.38. The molecule has 0 radical (unpaired) electrons. The van der Waals surface area contributed by atoms with Crippen molar-refractivity contribution < 1.29 is 22.7 Å². The van der Waals surface area contributed by atoms with E-state index in [-0.39, 0.29) is 4.47 Å². The smallest absolute Gasteiger partial charge is 0.385 e. The molecule has 1 atom stereocenters. The lowest BCUT2D eigenvalue weighted by Gasteiger charge is -2.19. The fourth-order valence-corrected chi connectivity index (χ4v) is 1.83. The molecule has 0 aliphatic carbocycles. The molecule has 0 bridgehead atoms. The number of hydrogen-bond acceptors (Lipinski definition) is 1. The molecular weight excluding hydrogens is 351 g/mol. The maximum absolute atomic E-state index is 13.6. The van der Waals surface area contributed by atoms with Crippen LogP contribution in [0.2, 0.25) is 0 Å². The summed E-state index contributed by atoms with van der Waals surface area (Å²) in [6, 6.07) is 1.54. The maximum atomic E-state index is 13.6. The second-order valence-electron chi connectivity index (χ2n) is 3.10. The summed E-state index contributed by atoms with van der Waals surface area (Å²) in [4.78, 5) is -1.57. The lowest BCUT2D eigenvalue weighted by molar-refractivity contribution is -0.139. The van der Waals surface area contributed by atoms with Gasteiger partial charge in [-0.05, 0) is 28.1 Å². The lowest BCUT2D eigenvalue weighted by atomic mass is 10.0.